The van der Waals surface area contributed by atoms with Crippen molar-refractivity contribution in [3.63, 3.8) is 0 Å². The van der Waals surface area contributed by atoms with Crippen molar-refractivity contribution < 1.29 is 0 Å². The third-order valence-electron chi connectivity index (χ3n) is 4.12. The fourth-order valence-electron chi connectivity index (χ4n) is 2.74. The van der Waals surface area contributed by atoms with Crippen LogP contribution in [0.5, 0.6) is 0 Å². The monoisotopic (exact) mass is 300 g/mol. The van der Waals surface area contributed by atoms with E-state index in [-0.39, 0.29) is 6.04 Å². The molecule has 0 radical (unpaired) electrons. The van der Waals surface area contributed by atoms with Crippen molar-refractivity contribution in [1.82, 2.24) is 10.2 Å². The van der Waals surface area contributed by atoms with Gasteiger partial charge in [-0.2, -0.15) is 0 Å². The molecule has 106 valence electrons. The number of benzene rings is 1. The number of nitrogens with one attached hydrogen (secondary N) is 1. The molecule has 1 aliphatic rings. The van der Waals surface area contributed by atoms with E-state index in [9.17, 15) is 0 Å². The number of nitrogens with zero attached hydrogens (tertiary/aromatic N) is 1. The summed E-state index contributed by atoms with van der Waals surface area (Å²) >= 11 is 12.2. The summed E-state index contributed by atoms with van der Waals surface area (Å²) in [7, 11) is 2.19. The largest absolute Gasteiger partial charge is 0.307 e. The van der Waals surface area contributed by atoms with Gasteiger partial charge in [0.15, 0.2) is 0 Å². The summed E-state index contributed by atoms with van der Waals surface area (Å²) in [5, 5.41) is 5.12. The van der Waals surface area contributed by atoms with Crippen LogP contribution in [-0.2, 0) is 0 Å². The van der Waals surface area contributed by atoms with Crippen molar-refractivity contribution in [3.8, 4) is 0 Å². The first-order valence-electron chi connectivity index (χ1n) is 6.88. The Morgan fingerprint density at radius 2 is 2.11 bits per heavy atom. The van der Waals surface area contributed by atoms with Gasteiger partial charge < -0.3 is 10.2 Å². The summed E-state index contributed by atoms with van der Waals surface area (Å²) in [6.45, 7) is 5.60. The quantitative estimate of drug-likeness (QED) is 0.903. The van der Waals surface area contributed by atoms with Crippen LogP contribution in [-0.4, -0.2) is 30.6 Å². The van der Waals surface area contributed by atoms with Crippen molar-refractivity contribution >= 4 is 23.2 Å². The van der Waals surface area contributed by atoms with Crippen LogP contribution >= 0.6 is 23.2 Å². The highest BCUT2D eigenvalue weighted by Gasteiger charge is 2.24. The predicted octanol–water partition coefficient (Wildman–Crippen LogP) is 4.13. The van der Waals surface area contributed by atoms with Gasteiger partial charge in [-0.15, -0.1) is 0 Å². The second-order valence-corrected chi connectivity index (χ2v) is 6.45. The molecule has 1 aliphatic heterocycles. The van der Waals surface area contributed by atoms with Crippen LogP contribution in [0.1, 0.15) is 38.3 Å². The van der Waals surface area contributed by atoms with E-state index in [1.54, 1.807) is 0 Å². The van der Waals surface area contributed by atoms with Gasteiger partial charge in [-0.25, -0.2) is 0 Å². The van der Waals surface area contributed by atoms with Gasteiger partial charge in [-0.05, 0) is 58.0 Å². The number of halogens is 2. The number of hydrogen-bond acceptors (Lipinski definition) is 2. The Bertz CT molecular complexity index is 436. The SMILES string of the molecule is CC(NC1CCN(C)C(C)C1)c1ccc(Cl)cc1Cl. The van der Waals surface area contributed by atoms with Gasteiger partial charge in [0.25, 0.3) is 0 Å². The zero-order valence-electron chi connectivity index (χ0n) is 11.8. The van der Waals surface area contributed by atoms with Gasteiger partial charge in [0.2, 0.25) is 0 Å². The minimum atomic E-state index is 0.255. The van der Waals surface area contributed by atoms with Gasteiger partial charge in [-0.3, -0.25) is 0 Å². The van der Waals surface area contributed by atoms with Crippen molar-refractivity contribution in [2.24, 2.45) is 0 Å². The molecule has 2 rings (SSSR count). The maximum absolute atomic E-state index is 6.26. The van der Waals surface area contributed by atoms with Crippen LogP contribution in [0.25, 0.3) is 0 Å². The van der Waals surface area contributed by atoms with Gasteiger partial charge in [0.05, 0.1) is 0 Å². The Balaban J connectivity index is 1.99. The van der Waals surface area contributed by atoms with E-state index in [2.05, 4.69) is 31.1 Å². The average molecular weight is 301 g/mol. The van der Waals surface area contributed by atoms with Crippen LogP contribution < -0.4 is 5.32 Å². The fraction of sp³-hybridized carbons (Fsp3) is 0.600. The summed E-state index contributed by atoms with van der Waals surface area (Å²) in [5.41, 5.74) is 1.12. The summed E-state index contributed by atoms with van der Waals surface area (Å²) < 4.78 is 0. The van der Waals surface area contributed by atoms with E-state index in [4.69, 9.17) is 23.2 Å². The number of hydrogen-bond donors (Lipinski definition) is 1. The minimum absolute atomic E-state index is 0.255. The van der Waals surface area contributed by atoms with Crippen LogP contribution in [0.15, 0.2) is 18.2 Å². The zero-order valence-corrected chi connectivity index (χ0v) is 13.3. The first-order valence-corrected chi connectivity index (χ1v) is 7.64. The standard InChI is InChI=1S/C15H22Cl2N2/c1-10-8-13(6-7-19(10)3)18-11(2)14-5-4-12(16)9-15(14)17/h4-5,9-11,13,18H,6-8H2,1-3H3. The average Bonchev–Trinajstić information content (AvgIpc) is 2.33. The molecule has 3 atom stereocenters. The Morgan fingerprint density at radius 3 is 2.74 bits per heavy atom. The number of rotatable bonds is 3. The molecule has 0 aromatic heterocycles. The Labute approximate surface area is 126 Å². The molecule has 1 heterocycles. The first kappa shape index (κ1) is 15.1. The molecule has 0 saturated carbocycles. The molecule has 0 aliphatic carbocycles. The fourth-order valence-corrected chi connectivity index (χ4v) is 3.31. The first-order chi connectivity index (χ1) is 8.97. The molecule has 0 bridgehead atoms. The Morgan fingerprint density at radius 1 is 1.37 bits per heavy atom. The third kappa shape index (κ3) is 3.85. The smallest absolute Gasteiger partial charge is 0.0468 e. The summed E-state index contributed by atoms with van der Waals surface area (Å²) in [6.07, 6.45) is 2.38. The minimum Gasteiger partial charge on any atom is -0.307 e. The summed E-state index contributed by atoms with van der Waals surface area (Å²) in [5.74, 6) is 0. The third-order valence-corrected chi connectivity index (χ3v) is 4.69. The zero-order chi connectivity index (χ0) is 14.0. The summed E-state index contributed by atoms with van der Waals surface area (Å²) in [4.78, 5) is 2.41. The molecular weight excluding hydrogens is 279 g/mol. The molecule has 19 heavy (non-hydrogen) atoms. The second-order valence-electron chi connectivity index (χ2n) is 5.61. The Kier molecular flexibility index (Phi) is 5.13. The van der Waals surface area contributed by atoms with Crippen molar-refractivity contribution in [3.05, 3.63) is 33.8 Å². The van der Waals surface area contributed by atoms with Crippen LogP contribution in [0.4, 0.5) is 0 Å². The van der Waals surface area contributed by atoms with E-state index in [0.717, 1.165) is 17.1 Å². The highest BCUT2D eigenvalue weighted by molar-refractivity contribution is 6.35. The molecule has 1 saturated heterocycles. The van der Waals surface area contributed by atoms with Crippen LogP contribution in [0.3, 0.4) is 0 Å². The molecule has 1 fully saturated rings. The normalized spacial score (nSPS) is 26.4. The van der Waals surface area contributed by atoms with E-state index in [0.29, 0.717) is 17.1 Å². The van der Waals surface area contributed by atoms with Gasteiger partial charge in [-0.1, -0.05) is 29.3 Å². The van der Waals surface area contributed by atoms with E-state index in [1.165, 1.54) is 12.8 Å². The lowest BCUT2D eigenvalue weighted by molar-refractivity contribution is 0.163. The van der Waals surface area contributed by atoms with Crippen molar-refractivity contribution in [2.45, 2.75) is 44.8 Å². The van der Waals surface area contributed by atoms with E-state index >= 15 is 0 Å². The van der Waals surface area contributed by atoms with Gasteiger partial charge in [0, 0.05) is 28.2 Å². The number of likely N-dealkylation sites (tertiary alicyclic amines) is 1. The molecule has 4 heteroatoms. The highest BCUT2D eigenvalue weighted by Crippen LogP contribution is 2.27. The van der Waals surface area contributed by atoms with Crippen LogP contribution in [0, 0.1) is 0 Å². The van der Waals surface area contributed by atoms with E-state index < -0.39 is 0 Å². The molecule has 1 N–H and O–H groups in total. The maximum atomic E-state index is 6.26. The van der Waals surface area contributed by atoms with Crippen LogP contribution in [0.2, 0.25) is 10.0 Å². The Hall–Kier alpha value is -0.280. The number of piperidine rings is 1. The predicted molar refractivity (Wildman–Crippen MR) is 83.1 cm³/mol. The highest BCUT2D eigenvalue weighted by atomic mass is 35.5. The topological polar surface area (TPSA) is 15.3 Å². The van der Waals surface area contributed by atoms with Crippen molar-refractivity contribution in [2.75, 3.05) is 13.6 Å². The second kappa shape index (κ2) is 6.45. The lowest BCUT2D eigenvalue weighted by Crippen LogP contribution is -2.46. The lowest BCUT2D eigenvalue weighted by Gasteiger charge is -2.36. The molecule has 0 amide bonds. The maximum Gasteiger partial charge on any atom is 0.0468 e. The molecule has 3 unspecified atom stereocenters. The van der Waals surface area contributed by atoms with Crippen molar-refractivity contribution in [1.29, 1.82) is 0 Å². The molecular formula is C15H22Cl2N2. The van der Waals surface area contributed by atoms with Gasteiger partial charge in [0.1, 0.15) is 0 Å². The molecule has 0 spiro atoms. The van der Waals surface area contributed by atoms with E-state index in [1.807, 2.05) is 18.2 Å². The van der Waals surface area contributed by atoms with Gasteiger partial charge >= 0.3 is 0 Å². The molecule has 2 nitrogen and oxygen atoms in total. The molecule has 1 aromatic carbocycles. The lowest BCUT2D eigenvalue weighted by atomic mass is 9.97. The molecule has 1 aromatic rings. The summed E-state index contributed by atoms with van der Waals surface area (Å²) in [6, 6.07) is 7.18.